The van der Waals surface area contributed by atoms with Crippen LogP contribution in [0.1, 0.15) is 43.1 Å². The maximum Gasteiger partial charge on any atom is 0.229 e. The van der Waals surface area contributed by atoms with E-state index in [4.69, 9.17) is 21.9 Å². The molecule has 2 aromatic heterocycles. The number of rotatable bonds is 3. The van der Waals surface area contributed by atoms with Gasteiger partial charge >= 0.3 is 0 Å². The second-order valence-corrected chi connectivity index (χ2v) is 5.57. The summed E-state index contributed by atoms with van der Waals surface area (Å²) in [5.74, 6) is 1.19. The lowest BCUT2D eigenvalue weighted by Crippen LogP contribution is -2.14. The maximum absolute atomic E-state index is 6.28. The zero-order valence-electron chi connectivity index (χ0n) is 11.7. The molecule has 2 heterocycles. The Morgan fingerprint density at radius 2 is 2.05 bits per heavy atom. The number of benzene rings is 1. The molecule has 0 aliphatic rings. The normalized spacial score (nSPS) is 13.0. The zero-order valence-corrected chi connectivity index (χ0v) is 12.5. The average molecular weight is 303 g/mol. The van der Waals surface area contributed by atoms with E-state index in [1.807, 2.05) is 38.1 Å². The fraction of sp³-hybridized carbons (Fsp3) is 0.267. The largest absolute Gasteiger partial charge is 0.339 e. The van der Waals surface area contributed by atoms with Gasteiger partial charge in [-0.15, -0.1) is 0 Å². The summed E-state index contributed by atoms with van der Waals surface area (Å²) < 4.78 is 5.22. The molecular formula is C15H15ClN4O. The highest BCUT2D eigenvalue weighted by atomic mass is 35.5. The number of hydrogen-bond acceptors (Lipinski definition) is 5. The third-order valence-electron chi connectivity index (χ3n) is 3.31. The van der Waals surface area contributed by atoms with E-state index in [1.54, 1.807) is 6.20 Å². The van der Waals surface area contributed by atoms with Crippen molar-refractivity contribution in [2.45, 2.75) is 25.8 Å². The van der Waals surface area contributed by atoms with Crippen LogP contribution in [0.25, 0.3) is 10.9 Å². The lowest BCUT2D eigenvalue weighted by atomic mass is 10.0. The zero-order chi connectivity index (χ0) is 15.0. The Kier molecular flexibility index (Phi) is 3.61. The number of halogens is 1. The number of fused-ring (bicyclic) bond motifs is 1. The van der Waals surface area contributed by atoms with Crippen LogP contribution in [0.2, 0.25) is 5.02 Å². The Hall–Kier alpha value is -1.98. The van der Waals surface area contributed by atoms with E-state index in [9.17, 15) is 0 Å². The van der Waals surface area contributed by atoms with Crippen molar-refractivity contribution >= 4 is 22.5 Å². The first-order valence-electron chi connectivity index (χ1n) is 6.70. The Balaban J connectivity index is 2.09. The SMILES string of the molecule is CC(C)c1nc(C(N)c2ccc(Cl)c3cccnc23)no1. The monoisotopic (exact) mass is 302 g/mol. The average Bonchev–Trinajstić information content (AvgIpc) is 2.97. The van der Waals surface area contributed by atoms with Crippen molar-refractivity contribution in [2.24, 2.45) is 5.73 Å². The van der Waals surface area contributed by atoms with Crippen molar-refractivity contribution in [2.75, 3.05) is 0 Å². The second kappa shape index (κ2) is 5.42. The van der Waals surface area contributed by atoms with Crippen LogP contribution in [-0.2, 0) is 0 Å². The van der Waals surface area contributed by atoms with E-state index >= 15 is 0 Å². The molecule has 108 valence electrons. The second-order valence-electron chi connectivity index (χ2n) is 5.16. The highest BCUT2D eigenvalue weighted by molar-refractivity contribution is 6.35. The molecule has 0 aliphatic heterocycles. The van der Waals surface area contributed by atoms with Crippen LogP contribution >= 0.6 is 11.6 Å². The molecule has 0 bridgehead atoms. The fourth-order valence-electron chi connectivity index (χ4n) is 2.16. The molecule has 0 radical (unpaired) electrons. The van der Waals surface area contributed by atoms with Gasteiger partial charge in [0.2, 0.25) is 5.89 Å². The molecule has 5 nitrogen and oxygen atoms in total. The van der Waals surface area contributed by atoms with Crippen LogP contribution in [0.3, 0.4) is 0 Å². The molecule has 3 rings (SSSR count). The summed E-state index contributed by atoms with van der Waals surface area (Å²) in [4.78, 5) is 8.73. The summed E-state index contributed by atoms with van der Waals surface area (Å²) in [5, 5.41) is 5.48. The minimum atomic E-state index is -0.504. The standard InChI is InChI=1S/C15H15ClN4O/c1-8(2)15-19-14(20-21-15)12(17)10-5-6-11(16)9-4-3-7-18-13(9)10/h3-8,12H,17H2,1-2H3. The van der Waals surface area contributed by atoms with E-state index in [0.29, 0.717) is 16.7 Å². The van der Waals surface area contributed by atoms with Gasteiger partial charge in [-0.1, -0.05) is 36.7 Å². The highest BCUT2D eigenvalue weighted by Crippen LogP contribution is 2.29. The molecule has 0 saturated heterocycles. The van der Waals surface area contributed by atoms with E-state index in [1.165, 1.54) is 0 Å². The van der Waals surface area contributed by atoms with Crippen LogP contribution in [0.4, 0.5) is 0 Å². The number of nitrogens with zero attached hydrogens (tertiary/aromatic N) is 3. The van der Waals surface area contributed by atoms with E-state index in [0.717, 1.165) is 16.5 Å². The molecule has 1 atom stereocenters. The molecular weight excluding hydrogens is 288 g/mol. The molecule has 0 amide bonds. The molecule has 3 aromatic rings. The third-order valence-corrected chi connectivity index (χ3v) is 3.64. The highest BCUT2D eigenvalue weighted by Gasteiger charge is 2.20. The van der Waals surface area contributed by atoms with Crippen LogP contribution in [0, 0.1) is 0 Å². The topological polar surface area (TPSA) is 77.8 Å². The molecule has 21 heavy (non-hydrogen) atoms. The van der Waals surface area contributed by atoms with E-state index in [-0.39, 0.29) is 5.92 Å². The van der Waals surface area contributed by atoms with E-state index < -0.39 is 6.04 Å². The van der Waals surface area contributed by atoms with Crippen LogP contribution in [0.5, 0.6) is 0 Å². The van der Waals surface area contributed by atoms with Gasteiger partial charge in [-0.3, -0.25) is 4.98 Å². The van der Waals surface area contributed by atoms with Crippen LogP contribution in [-0.4, -0.2) is 15.1 Å². The number of pyridine rings is 1. The summed E-state index contributed by atoms with van der Waals surface area (Å²) in [6, 6.07) is 6.92. The summed E-state index contributed by atoms with van der Waals surface area (Å²) >= 11 is 6.19. The van der Waals surface area contributed by atoms with Crippen LogP contribution in [0.15, 0.2) is 35.0 Å². The molecule has 0 aliphatic carbocycles. The van der Waals surface area contributed by atoms with Gasteiger partial charge in [0.15, 0.2) is 5.82 Å². The Morgan fingerprint density at radius 1 is 1.24 bits per heavy atom. The van der Waals surface area contributed by atoms with Gasteiger partial charge in [0, 0.05) is 28.1 Å². The number of nitrogens with two attached hydrogens (primary N) is 1. The first-order chi connectivity index (χ1) is 10.1. The molecule has 1 aromatic carbocycles. The Bertz CT molecular complexity index is 784. The van der Waals surface area contributed by atoms with Crippen molar-refractivity contribution in [1.29, 1.82) is 0 Å². The third kappa shape index (κ3) is 2.50. The van der Waals surface area contributed by atoms with Gasteiger partial charge in [-0.2, -0.15) is 4.98 Å². The minimum absolute atomic E-state index is 0.165. The molecule has 0 fully saturated rings. The van der Waals surface area contributed by atoms with Gasteiger partial charge in [-0.05, 0) is 18.2 Å². The molecule has 6 heteroatoms. The van der Waals surface area contributed by atoms with Crippen molar-refractivity contribution in [1.82, 2.24) is 15.1 Å². The van der Waals surface area contributed by atoms with Gasteiger partial charge in [-0.25, -0.2) is 0 Å². The van der Waals surface area contributed by atoms with Gasteiger partial charge in [0.1, 0.15) is 0 Å². The summed E-state index contributed by atoms with van der Waals surface area (Å²) in [5.41, 5.74) is 7.86. The molecule has 0 spiro atoms. The molecule has 1 unspecified atom stereocenters. The first-order valence-corrected chi connectivity index (χ1v) is 7.08. The van der Waals surface area contributed by atoms with Gasteiger partial charge in [0.05, 0.1) is 11.6 Å². The lowest BCUT2D eigenvalue weighted by molar-refractivity contribution is 0.359. The smallest absolute Gasteiger partial charge is 0.229 e. The van der Waals surface area contributed by atoms with Crippen molar-refractivity contribution < 1.29 is 4.52 Å². The molecule has 0 saturated carbocycles. The predicted molar refractivity (Wildman–Crippen MR) is 81.2 cm³/mol. The molecule has 2 N–H and O–H groups in total. The predicted octanol–water partition coefficient (Wildman–Crippen LogP) is 3.44. The quantitative estimate of drug-likeness (QED) is 0.802. The van der Waals surface area contributed by atoms with Crippen molar-refractivity contribution in [3.63, 3.8) is 0 Å². The maximum atomic E-state index is 6.28. The summed E-state index contributed by atoms with van der Waals surface area (Å²) in [6.45, 7) is 3.98. The van der Waals surface area contributed by atoms with Crippen molar-refractivity contribution in [3.8, 4) is 0 Å². The first kappa shape index (κ1) is 14.0. The van der Waals surface area contributed by atoms with Crippen molar-refractivity contribution in [3.05, 3.63) is 52.8 Å². The Morgan fingerprint density at radius 3 is 2.76 bits per heavy atom. The number of aromatic nitrogens is 3. The summed E-state index contributed by atoms with van der Waals surface area (Å²) in [7, 11) is 0. The number of hydrogen-bond donors (Lipinski definition) is 1. The summed E-state index contributed by atoms with van der Waals surface area (Å²) in [6.07, 6.45) is 1.71. The van der Waals surface area contributed by atoms with Gasteiger partial charge in [0.25, 0.3) is 0 Å². The van der Waals surface area contributed by atoms with Gasteiger partial charge < -0.3 is 10.3 Å². The Labute approximate surface area is 127 Å². The van der Waals surface area contributed by atoms with Crippen LogP contribution < -0.4 is 5.73 Å². The minimum Gasteiger partial charge on any atom is -0.339 e. The van der Waals surface area contributed by atoms with E-state index in [2.05, 4.69) is 15.1 Å². The lowest BCUT2D eigenvalue weighted by Gasteiger charge is -2.11. The fourth-order valence-corrected chi connectivity index (χ4v) is 2.37.